The first kappa shape index (κ1) is 19.4. The lowest BCUT2D eigenvalue weighted by molar-refractivity contribution is -0.117. The number of rotatable bonds is 5. The summed E-state index contributed by atoms with van der Waals surface area (Å²) in [5, 5.41) is 3.99. The third-order valence-corrected chi connectivity index (χ3v) is 4.94. The van der Waals surface area contributed by atoms with Crippen molar-refractivity contribution in [3.63, 3.8) is 0 Å². The molecule has 1 aromatic heterocycles. The van der Waals surface area contributed by atoms with Gasteiger partial charge in [0.15, 0.2) is 0 Å². The molecule has 140 valence electrons. The first-order valence-corrected chi connectivity index (χ1v) is 9.05. The second-order valence-electron chi connectivity index (χ2n) is 6.20. The van der Waals surface area contributed by atoms with Crippen LogP contribution in [0.25, 0.3) is 10.9 Å². The Morgan fingerprint density at radius 3 is 2.56 bits per heavy atom. The molecule has 0 aliphatic heterocycles. The van der Waals surface area contributed by atoms with Gasteiger partial charge in [-0.1, -0.05) is 41.4 Å². The minimum atomic E-state index is -0.283. The van der Waals surface area contributed by atoms with Crippen LogP contribution in [0.1, 0.15) is 18.8 Å². The van der Waals surface area contributed by atoms with Gasteiger partial charge < -0.3 is 10.3 Å². The Hall–Kier alpha value is -2.41. The van der Waals surface area contributed by atoms with Crippen molar-refractivity contribution >= 4 is 45.7 Å². The second kappa shape index (κ2) is 8.08. The molecule has 1 unspecified atom stereocenters. The quantitative estimate of drug-likeness (QED) is 0.676. The topological polar surface area (TPSA) is 78.1 Å². The number of hydrogen-bond donors (Lipinski definition) is 2. The molecule has 1 heterocycles. The molecule has 0 aliphatic rings. The van der Waals surface area contributed by atoms with E-state index >= 15 is 0 Å². The molecule has 8 heteroatoms. The molecule has 0 spiro atoms. The molecule has 0 saturated carbocycles. The SMILES string of the molecule is CC(c1nc2ccccc2c(=O)[nH]1)N(C)CC(=O)Nc1c(Cl)cccc1Cl. The summed E-state index contributed by atoms with van der Waals surface area (Å²) in [5.41, 5.74) is 0.788. The molecule has 0 saturated heterocycles. The third-order valence-electron chi connectivity index (χ3n) is 4.31. The van der Waals surface area contributed by atoms with Gasteiger partial charge in [-0.25, -0.2) is 4.98 Å². The van der Waals surface area contributed by atoms with E-state index in [0.717, 1.165) is 0 Å². The molecule has 0 aliphatic carbocycles. The van der Waals surface area contributed by atoms with Gasteiger partial charge in [0, 0.05) is 0 Å². The zero-order chi connectivity index (χ0) is 19.6. The highest BCUT2D eigenvalue weighted by Gasteiger charge is 2.19. The van der Waals surface area contributed by atoms with E-state index in [1.807, 2.05) is 13.0 Å². The second-order valence-corrected chi connectivity index (χ2v) is 7.02. The van der Waals surface area contributed by atoms with Gasteiger partial charge in [0.2, 0.25) is 5.91 Å². The van der Waals surface area contributed by atoms with E-state index in [0.29, 0.717) is 32.5 Å². The monoisotopic (exact) mass is 404 g/mol. The van der Waals surface area contributed by atoms with Gasteiger partial charge in [0.1, 0.15) is 5.82 Å². The number of likely N-dealkylation sites (N-methyl/N-ethyl adjacent to an activating group) is 1. The van der Waals surface area contributed by atoms with E-state index in [-0.39, 0.29) is 24.1 Å². The van der Waals surface area contributed by atoms with E-state index in [9.17, 15) is 9.59 Å². The third kappa shape index (κ3) is 4.30. The Morgan fingerprint density at radius 2 is 1.85 bits per heavy atom. The smallest absolute Gasteiger partial charge is 0.258 e. The number of benzene rings is 2. The maximum absolute atomic E-state index is 12.4. The first-order valence-electron chi connectivity index (χ1n) is 8.30. The normalized spacial score (nSPS) is 12.3. The highest BCUT2D eigenvalue weighted by Crippen LogP contribution is 2.29. The van der Waals surface area contributed by atoms with Gasteiger partial charge in [-0.05, 0) is 38.2 Å². The number of carbonyl (C=O) groups excluding carboxylic acids is 1. The summed E-state index contributed by atoms with van der Waals surface area (Å²) >= 11 is 12.2. The fraction of sp³-hybridized carbons (Fsp3) is 0.211. The number of halogens is 2. The molecule has 2 aromatic carbocycles. The molecule has 2 N–H and O–H groups in total. The Morgan fingerprint density at radius 1 is 1.19 bits per heavy atom. The standard InChI is InChI=1S/C19H18Cl2N4O2/c1-11(18-22-15-9-4-3-6-12(15)19(27)24-18)25(2)10-16(26)23-17-13(20)7-5-8-14(17)21/h3-9,11H,10H2,1-2H3,(H,23,26)(H,22,24,27). The first-order chi connectivity index (χ1) is 12.9. The Balaban J connectivity index is 1.75. The van der Waals surface area contributed by atoms with Crippen molar-refractivity contribution in [1.29, 1.82) is 0 Å². The predicted molar refractivity (Wildman–Crippen MR) is 109 cm³/mol. The van der Waals surface area contributed by atoms with Crippen LogP contribution in [0, 0.1) is 0 Å². The maximum atomic E-state index is 12.4. The van der Waals surface area contributed by atoms with Crippen molar-refractivity contribution in [3.05, 3.63) is 68.7 Å². The van der Waals surface area contributed by atoms with E-state index in [1.54, 1.807) is 48.3 Å². The number of aromatic amines is 1. The van der Waals surface area contributed by atoms with E-state index in [4.69, 9.17) is 23.2 Å². The molecule has 1 atom stereocenters. The number of anilines is 1. The van der Waals surface area contributed by atoms with Crippen LogP contribution >= 0.6 is 23.2 Å². The van der Waals surface area contributed by atoms with Gasteiger partial charge in [0.05, 0.1) is 39.2 Å². The average Bonchev–Trinajstić information content (AvgIpc) is 2.64. The highest BCUT2D eigenvalue weighted by molar-refractivity contribution is 6.39. The van der Waals surface area contributed by atoms with Crippen molar-refractivity contribution in [2.75, 3.05) is 18.9 Å². The van der Waals surface area contributed by atoms with Crippen molar-refractivity contribution in [1.82, 2.24) is 14.9 Å². The van der Waals surface area contributed by atoms with Crippen molar-refractivity contribution in [2.45, 2.75) is 13.0 Å². The summed E-state index contributed by atoms with van der Waals surface area (Å²) in [6.45, 7) is 1.93. The molecule has 1 amide bonds. The van der Waals surface area contributed by atoms with Crippen LogP contribution in [0.5, 0.6) is 0 Å². The van der Waals surface area contributed by atoms with E-state index < -0.39 is 0 Å². The predicted octanol–water partition coefficient (Wildman–Crippen LogP) is 3.86. The van der Waals surface area contributed by atoms with Gasteiger partial charge >= 0.3 is 0 Å². The summed E-state index contributed by atoms with van der Waals surface area (Å²) in [5.74, 6) is 0.215. The zero-order valence-electron chi connectivity index (χ0n) is 14.8. The maximum Gasteiger partial charge on any atom is 0.258 e. The van der Waals surface area contributed by atoms with Gasteiger partial charge in [-0.15, -0.1) is 0 Å². The molecule has 6 nitrogen and oxygen atoms in total. The molecular formula is C19H18Cl2N4O2. The van der Waals surface area contributed by atoms with Crippen molar-refractivity contribution < 1.29 is 4.79 Å². The lowest BCUT2D eigenvalue weighted by Crippen LogP contribution is -2.33. The number of amides is 1. The summed E-state index contributed by atoms with van der Waals surface area (Å²) in [6, 6.07) is 11.9. The largest absolute Gasteiger partial charge is 0.322 e. The summed E-state index contributed by atoms with van der Waals surface area (Å²) in [7, 11) is 1.77. The number of H-pyrrole nitrogens is 1. The number of carbonyl (C=O) groups is 1. The van der Waals surface area contributed by atoms with Crippen LogP contribution in [0.3, 0.4) is 0 Å². The molecule has 3 rings (SSSR count). The molecule has 0 bridgehead atoms. The highest BCUT2D eigenvalue weighted by atomic mass is 35.5. The van der Waals surface area contributed by atoms with Gasteiger partial charge in [-0.3, -0.25) is 14.5 Å². The van der Waals surface area contributed by atoms with Crippen LogP contribution in [0.4, 0.5) is 5.69 Å². The number of nitrogens with zero attached hydrogens (tertiary/aromatic N) is 2. The zero-order valence-corrected chi connectivity index (χ0v) is 16.3. The van der Waals surface area contributed by atoms with Gasteiger partial charge in [-0.2, -0.15) is 0 Å². The van der Waals surface area contributed by atoms with E-state index in [1.165, 1.54) is 0 Å². The molecule has 3 aromatic rings. The molecule has 0 radical (unpaired) electrons. The number of hydrogen-bond acceptors (Lipinski definition) is 4. The van der Waals surface area contributed by atoms with Crippen LogP contribution in [0.2, 0.25) is 10.0 Å². The lowest BCUT2D eigenvalue weighted by Gasteiger charge is -2.23. The van der Waals surface area contributed by atoms with Crippen LogP contribution in [0.15, 0.2) is 47.3 Å². The number of nitrogens with one attached hydrogen (secondary N) is 2. The van der Waals surface area contributed by atoms with Crippen molar-refractivity contribution in [2.24, 2.45) is 0 Å². The summed E-state index contributed by atoms with van der Waals surface area (Å²) < 4.78 is 0. The number of fused-ring (bicyclic) bond motifs is 1. The Labute approximate surface area is 166 Å². The Bertz CT molecular complexity index is 1030. The minimum absolute atomic E-state index is 0.0687. The lowest BCUT2D eigenvalue weighted by atomic mass is 10.2. The molecule has 0 fully saturated rings. The van der Waals surface area contributed by atoms with Crippen molar-refractivity contribution in [3.8, 4) is 0 Å². The summed E-state index contributed by atoms with van der Waals surface area (Å²) in [6.07, 6.45) is 0. The fourth-order valence-corrected chi connectivity index (χ4v) is 3.16. The number of aromatic nitrogens is 2. The molecular weight excluding hydrogens is 387 g/mol. The number of para-hydroxylation sites is 2. The van der Waals surface area contributed by atoms with E-state index in [2.05, 4.69) is 15.3 Å². The summed E-state index contributed by atoms with van der Waals surface area (Å²) in [4.78, 5) is 33.7. The average molecular weight is 405 g/mol. The fourth-order valence-electron chi connectivity index (χ4n) is 2.67. The van der Waals surface area contributed by atoms with Crippen LogP contribution < -0.4 is 10.9 Å². The minimum Gasteiger partial charge on any atom is -0.322 e. The Kier molecular flexibility index (Phi) is 5.79. The van der Waals surface area contributed by atoms with Crippen LogP contribution in [-0.2, 0) is 4.79 Å². The van der Waals surface area contributed by atoms with Gasteiger partial charge in [0.25, 0.3) is 5.56 Å². The van der Waals surface area contributed by atoms with Crippen LogP contribution in [-0.4, -0.2) is 34.4 Å². The molecule has 27 heavy (non-hydrogen) atoms.